The van der Waals surface area contributed by atoms with Crippen molar-refractivity contribution in [3.63, 3.8) is 0 Å². The first-order valence-electron chi connectivity index (χ1n) is 7.42. The van der Waals surface area contributed by atoms with E-state index >= 15 is 0 Å². The van der Waals surface area contributed by atoms with E-state index in [9.17, 15) is 9.59 Å². The van der Waals surface area contributed by atoms with Crippen LogP contribution >= 0.6 is 0 Å². The molecule has 0 radical (unpaired) electrons. The molecule has 0 bridgehead atoms. The van der Waals surface area contributed by atoms with E-state index in [0.717, 1.165) is 5.69 Å². The molecule has 2 amide bonds. The monoisotopic (exact) mass is 286 g/mol. The molecule has 1 saturated heterocycles. The van der Waals surface area contributed by atoms with Gasteiger partial charge in [-0.1, -0.05) is 6.08 Å². The lowest BCUT2D eigenvalue weighted by molar-refractivity contribution is -0.117. The van der Waals surface area contributed by atoms with E-state index in [1.807, 2.05) is 32.1 Å². The fourth-order valence-electron chi connectivity index (χ4n) is 2.62. The number of carbonyl (C=O) groups excluding carboxylic acids is 2. The fraction of sp³-hybridized carbons (Fsp3) is 0.412. The van der Waals surface area contributed by atoms with E-state index in [0.29, 0.717) is 31.6 Å². The molecule has 21 heavy (non-hydrogen) atoms. The maximum Gasteiger partial charge on any atom is 0.253 e. The lowest BCUT2D eigenvalue weighted by atomic mass is 10.1. The highest BCUT2D eigenvalue weighted by Crippen LogP contribution is 2.25. The maximum absolute atomic E-state index is 12.2. The number of hydrogen-bond donors (Lipinski definition) is 0. The van der Waals surface area contributed by atoms with Gasteiger partial charge in [0.1, 0.15) is 0 Å². The van der Waals surface area contributed by atoms with Crippen molar-refractivity contribution in [2.45, 2.75) is 20.3 Å². The third kappa shape index (κ3) is 3.15. The van der Waals surface area contributed by atoms with Crippen molar-refractivity contribution < 1.29 is 9.59 Å². The molecule has 0 N–H and O–H groups in total. The molecule has 1 aliphatic rings. The van der Waals surface area contributed by atoms with Crippen molar-refractivity contribution in [1.82, 2.24) is 4.90 Å². The molecule has 112 valence electrons. The van der Waals surface area contributed by atoms with E-state index in [-0.39, 0.29) is 17.7 Å². The first-order chi connectivity index (χ1) is 10.1. The van der Waals surface area contributed by atoms with Gasteiger partial charge in [-0.25, -0.2) is 0 Å². The summed E-state index contributed by atoms with van der Waals surface area (Å²) in [6.45, 7) is 9.75. The van der Waals surface area contributed by atoms with Gasteiger partial charge in [0, 0.05) is 43.2 Å². The Hall–Kier alpha value is -2.10. The Morgan fingerprint density at radius 3 is 2.43 bits per heavy atom. The summed E-state index contributed by atoms with van der Waals surface area (Å²) < 4.78 is 0. The van der Waals surface area contributed by atoms with Crippen LogP contribution in [0.2, 0.25) is 0 Å². The van der Waals surface area contributed by atoms with Crippen molar-refractivity contribution in [3.8, 4) is 0 Å². The second-order valence-corrected chi connectivity index (χ2v) is 5.23. The summed E-state index contributed by atoms with van der Waals surface area (Å²) in [4.78, 5) is 27.7. The minimum absolute atomic E-state index is 0.0308. The zero-order valence-electron chi connectivity index (χ0n) is 12.7. The molecule has 1 heterocycles. The van der Waals surface area contributed by atoms with Gasteiger partial charge in [0.05, 0.1) is 0 Å². The van der Waals surface area contributed by atoms with Gasteiger partial charge in [0.2, 0.25) is 5.91 Å². The number of nitrogens with zero attached hydrogens (tertiary/aromatic N) is 2. The third-order valence-electron chi connectivity index (χ3n) is 3.96. The Bertz CT molecular complexity index is 532. The Balaban J connectivity index is 2.14. The summed E-state index contributed by atoms with van der Waals surface area (Å²) >= 11 is 0. The van der Waals surface area contributed by atoms with Crippen molar-refractivity contribution in [2.24, 2.45) is 5.92 Å². The van der Waals surface area contributed by atoms with Gasteiger partial charge in [0.25, 0.3) is 5.91 Å². The number of anilines is 1. The summed E-state index contributed by atoms with van der Waals surface area (Å²) in [6.07, 6.45) is 2.35. The van der Waals surface area contributed by atoms with Gasteiger partial charge in [-0.2, -0.15) is 0 Å². The van der Waals surface area contributed by atoms with Crippen molar-refractivity contribution in [1.29, 1.82) is 0 Å². The number of rotatable bonds is 5. The number of carbonyl (C=O) groups is 2. The topological polar surface area (TPSA) is 40.6 Å². The Labute approximate surface area is 126 Å². The minimum atomic E-state index is 0.0308. The summed E-state index contributed by atoms with van der Waals surface area (Å²) in [5.74, 6) is 0.362. The summed E-state index contributed by atoms with van der Waals surface area (Å²) in [6, 6.07) is 7.29. The first kappa shape index (κ1) is 15.3. The summed E-state index contributed by atoms with van der Waals surface area (Å²) in [5, 5.41) is 0. The lowest BCUT2D eigenvalue weighted by Gasteiger charge is -2.20. The molecule has 1 unspecified atom stereocenters. The van der Waals surface area contributed by atoms with Crippen LogP contribution in [0.25, 0.3) is 0 Å². The number of benzene rings is 1. The van der Waals surface area contributed by atoms with Crippen LogP contribution in [0.1, 0.15) is 30.6 Å². The first-order valence-corrected chi connectivity index (χ1v) is 7.42. The highest BCUT2D eigenvalue weighted by Gasteiger charge is 2.28. The molecule has 1 aromatic carbocycles. The number of hydrogen-bond acceptors (Lipinski definition) is 2. The summed E-state index contributed by atoms with van der Waals surface area (Å²) in [5.41, 5.74) is 1.51. The Kier molecular flexibility index (Phi) is 4.78. The van der Waals surface area contributed by atoms with Crippen LogP contribution in [0.5, 0.6) is 0 Å². The van der Waals surface area contributed by atoms with E-state index in [2.05, 4.69) is 6.58 Å². The average Bonchev–Trinajstić information content (AvgIpc) is 2.89. The number of amides is 2. The zero-order valence-corrected chi connectivity index (χ0v) is 12.7. The molecular weight excluding hydrogens is 264 g/mol. The van der Waals surface area contributed by atoms with Crippen LogP contribution in [0.3, 0.4) is 0 Å². The largest absolute Gasteiger partial charge is 0.339 e. The molecule has 1 aromatic rings. The van der Waals surface area contributed by atoms with Crippen LogP contribution in [0.15, 0.2) is 36.9 Å². The minimum Gasteiger partial charge on any atom is -0.339 e. The van der Waals surface area contributed by atoms with Crippen LogP contribution in [0.4, 0.5) is 5.69 Å². The normalized spacial score (nSPS) is 17.9. The quantitative estimate of drug-likeness (QED) is 0.781. The molecular formula is C17H22N2O2. The fourth-order valence-corrected chi connectivity index (χ4v) is 2.62. The van der Waals surface area contributed by atoms with Gasteiger partial charge < -0.3 is 9.80 Å². The molecule has 0 saturated carbocycles. The van der Waals surface area contributed by atoms with Gasteiger partial charge in [-0.15, -0.1) is 6.58 Å². The Morgan fingerprint density at radius 1 is 1.33 bits per heavy atom. The van der Waals surface area contributed by atoms with Crippen LogP contribution in [-0.4, -0.2) is 36.3 Å². The average molecular weight is 286 g/mol. The SMILES string of the molecule is C=CC1CC(=O)N(c2ccc(C(=O)N(CC)CC)cc2)C1. The van der Waals surface area contributed by atoms with E-state index < -0.39 is 0 Å². The van der Waals surface area contributed by atoms with Crippen molar-refractivity contribution in [3.05, 3.63) is 42.5 Å². The lowest BCUT2D eigenvalue weighted by Crippen LogP contribution is -2.30. The summed E-state index contributed by atoms with van der Waals surface area (Å²) in [7, 11) is 0. The molecule has 1 aliphatic heterocycles. The second-order valence-electron chi connectivity index (χ2n) is 5.23. The van der Waals surface area contributed by atoms with Crippen LogP contribution < -0.4 is 4.90 Å². The van der Waals surface area contributed by atoms with Crippen molar-refractivity contribution in [2.75, 3.05) is 24.5 Å². The Morgan fingerprint density at radius 2 is 1.95 bits per heavy atom. The molecule has 0 aliphatic carbocycles. The van der Waals surface area contributed by atoms with E-state index in [4.69, 9.17) is 0 Å². The van der Waals surface area contributed by atoms with Crippen LogP contribution in [0, 0.1) is 5.92 Å². The smallest absolute Gasteiger partial charge is 0.253 e. The molecule has 1 fully saturated rings. The second kappa shape index (κ2) is 6.57. The van der Waals surface area contributed by atoms with E-state index in [1.54, 1.807) is 21.9 Å². The molecule has 0 spiro atoms. The van der Waals surface area contributed by atoms with Crippen LogP contribution in [-0.2, 0) is 4.79 Å². The molecule has 4 heteroatoms. The van der Waals surface area contributed by atoms with Gasteiger partial charge in [-0.3, -0.25) is 9.59 Å². The molecule has 4 nitrogen and oxygen atoms in total. The molecule has 2 rings (SSSR count). The standard InChI is InChI=1S/C17H22N2O2/c1-4-13-11-16(20)19(12-13)15-9-7-14(8-10-15)17(21)18(5-2)6-3/h4,7-10,13H,1,5-6,11-12H2,2-3H3. The molecule has 1 atom stereocenters. The van der Waals surface area contributed by atoms with E-state index in [1.165, 1.54) is 0 Å². The molecule has 0 aromatic heterocycles. The van der Waals surface area contributed by atoms with Gasteiger partial charge in [-0.05, 0) is 38.1 Å². The van der Waals surface area contributed by atoms with Gasteiger partial charge >= 0.3 is 0 Å². The maximum atomic E-state index is 12.2. The predicted molar refractivity (Wildman–Crippen MR) is 84.4 cm³/mol. The zero-order chi connectivity index (χ0) is 15.4. The van der Waals surface area contributed by atoms with Crippen molar-refractivity contribution >= 4 is 17.5 Å². The third-order valence-corrected chi connectivity index (χ3v) is 3.96. The highest BCUT2D eigenvalue weighted by atomic mass is 16.2. The predicted octanol–water partition coefficient (Wildman–Crippen LogP) is 2.71. The van der Waals surface area contributed by atoms with Gasteiger partial charge in [0.15, 0.2) is 0 Å². The highest BCUT2D eigenvalue weighted by molar-refractivity contribution is 5.98.